The Balaban J connectivity index is 1.60. The lowest BCUT2D eigenvalue weighted by atomic mass is 9.96. The lowest BCUT2D eigenvalue weighted by Gasteiger charge is -2.28. The predicted molar refractivity (Wildman–Crippen MR) is 112 cm³/mol. The Labute approximate surface area is 169 Å². The van der Waals surface area contributed by atoms with Gasteiger partial charge in [0.1, 0.15) is 5.82 Å². The van der Waals surface area contributed by atoms with Gasteiger partial charge >= 0.3 is 0 Å². The molecule has 29 heavy (non-hydrogen) atoms. The van der Waals surface area contributed by atoms with Gasteiger partial charge in [-0.25, -0.2) is 4.39 Å². The minimum atomic E-state index is -0.392. The SMILES string of the molecule is Cc1[nH]c(/C=C2\C(=O)Nc3ccc(F)cc32)c(C)c1NC(=O)C1CCN(C)CC1. The van der Waals surface area contributed by atoms with E-state index in [0.717, 1.165) is 48.6 Å². The highest BCUT2D eigenvalue weighted by atomic mass is 19.1. The minimum absolute atomic E-state index is 0.0113. The van der Waals surface area contributed by atoms with Crippen molar-refractivity contribution in [1.82, 2.24) is 9.88 Å². The molecule has 4 rings (SSSR count). The number of benzene rings is 1. The van der Waals surface area contributed by atoms with Crippen LogP contribution < -0.4 is 10.6 Å². The first-order chi connectivity index (χ1) is 13.8. The molecule has 2 aliphatic rings. The van der Waals surface area contributed by atoms with Crippen molar-refractivity contribution in [1.29, 1.82) is 0 Å². The van der Waals surface area contributed by atoms with Crippen LogP contribution in [0.2, 0.25) is 0 Å². The molecular formula is C22H25FN4O2. The fraction of sp³-hybridized carbons (Fsp3) is 0.364. The summed E-state index contributed by atoms with van der Waals surface area (Å²) in [6.07, 6.45) is 3.42. The number of hydrogen-bond acceptors (Lipinski definition) is 3. The fourth-order valence-corrected chi connectivity index (χ4v) is 4.05. The Morgan fingerprint density at radius 1 is 1.28 bits per heavy atom. The maximum absolute atomic E-state index is 13.7. The molecule has 152 valence electrons. The highest BCUT2D eigenvalue weighted by Crippen LogP contribution is 2.35. The summed E-state index contributed by atoms with van der Waals surface area (Å²) in [5, 5.41) is 5.82. The summed E-state index contributed by atoms with van der Waals surface area (Å²) in [6, 6.07) is 4.24. The number of aromatic amines is 1. The summed E-state index contributed by atoms with van der Waals surface area (Å²) < 4.78 is 13.7. The molecule has 0 atom stereocenters. The van der Waals surface area contributed by atoms with E-state index in [1.54, 1.807) is 12.1 Å². The number of piperidine rings is 1. The van der Waals surface area contributed by atoms with Gasteiger partial charge in [0.25, 0.3) is 5.91 Å². The van der Waals surface area contributed by atoms with Gasteiger partial charge in [-0.1, -0.05) is 0 Å². The van der Waals surface area contributed by atoms with Crippen molar-refractivity contribution in [3.05, 3.63) is 46.5 Å². The van der Waals surface area contributed by atoms with Gasteiger partial charge in [0.05, 0.1) is 11.3 Å². The number of carbonyl (C=O) groups is 2. The highest BCUT2D eigenvalue weighted by Gasteiger charge is 2.27. The molecule has 0 bridgehead atoms. The molecule has 0 saturated carbocycles. The average Bonchev–Trinajstić information content (AvgIpc) is 3.13. The molecule has 1 aromatic carbocycles. The third kappa shape index (κ3) is 3.70. The second kappa shape index (κ2) is 7.48. The third-order valence-corrected chi connectivity index (χ3v) is 5.87. The van der Waals surface area contributed by atoms with E-state index < -0.39 is 5.82 Å². The maximum atomic E-state index is 13.7. The molecule has 0 radical (unpaired) electrons. The Morgan fingerprint density at radius 2 is 2.00 bits per heavy atom. The van der Waals surface area contributed by atoms with E-state index >= 15 is 0 Å². The number of H-pyrrole nitrogens is 1. The zero-order valence-electron chi connectivity index (χ0n) is 16.9. The number of aryl methyl sites for hydroxylation is 1. The standard InChI is InChI=1S/C22H25FN4O2/c1-12-19(11-17-16-10-15(23)4-5-18(16)25-22(17)29)24-13(2)20(12)26-21(28)14-6-8-27(3)9-7-14/h4-5,10-11,14,24H,6-9H2,1-3H3,(H,25,29)(H,26,28)/b17-11-. The monoisotopic (exact) mass is 396 g/mol. The van der Waals surface area contributed by atoms with Crippen molar-refractivity contribution in [2.45, 2.75) is 26.7 Å². The number of amides is 2. The number of anilines is 2. The minimum Gasteiger partial charge on any atom is -0.357 e. The van der Waals surface area contributed by atoms with Crippen LogP contribution in [-0.2, 0) is 9.59 Å². The van der Waals surface area contributed by atoms with Crippen LogP contribution in [0.25, 0.3) is 11.6 Å². The zero-order valence-corrected chi connectivity index (χ0v) is 16.9. The molecule has 6 nitrogen and oxygen atoms in total. The first-order valence-electron chi connectivity index (χ1n) is 9.85. The number of rotatable bonds is 3. The van der Waals surface area contributed by atoms with E-state index in [1.165, 1.54) is 12.1 Å². The van der Waals surface area contributed by atoms with E-state index in [4.69, 9.17) is 0 Å². The highest BCUT2D eigenvalue weighted by molar-refractivity contribution is 6.34. The van der Waals surface area contributed by atoms with Gasteiger partial charge in [-0.3, -0.25) is 9.59 Å². The molecule has 2 aliphatic heterocycles. The van der Waals surface area contributed by atoms with E-state index in [1.807, 2.05) is 13.8 Å². The summed E-state index contributed by atoms with van der Waals surface area (Å²) in [5.41, 5.74) is 4.69. The molecule has 0 aliphatic carbocycles. The predicted octanol–water partition coefficient (Wildman–Crippen LogP) is 3.54. The molecule has 2 aromatic rings. The second-order valence-corrected chi connectivity index (χ2v) is 7.93. The Bertz CT molecular complexity index is 1020. The van der Waals surface area contributed by atoms with Crippen molar-refractivity contribution < 1.29 is 14.0 Å². The Morgan fingerprint density at radius 3 is 2.72 bits per heavy atom. The number of aromatic nitrogens is 1. The van der Waals surface area contributed by atoms with E-state index in [2.05, 4.69) is 27.6 Å². The average molecular weight is 396 g/mol. The zero-order chi connectivity index (χ0) is 20.7. The topological polar surface area (TPSA) is 77.2 Å². The smallest absolute Gasteiger partial charge is 0.256 e. The van der Waals surface area contributed by atoms with Gasteiger partial charge in [0.15, 0.2) is 0 Å². The molecule has 1 saturated heterocycles. The maximum Gasteiger partial charge on any atom is 0.256 e. The van der Waals surface area contributed by atoms with E-state index in [0.29, 0.717) is 16.8 Å². The number of fused-ring (bicyclic) bond motifs is 1. The lowest BCUT2D eigenvalue weighted by molar-refractivity contribution is -0.121. The first kappa shape index (κ1) is 19.4. The summed E-state index contributed by atoms with van der Waals surface area (Å²) in [4.78, 5) is 30.6. The van der Waals surface area contributed by atoms with Gasteiger partial charge in [-0.15, -0.1) is 0 Å². The molecule has 2 amide bonds. The van der Waals surface area contributed by atoms with Crippen LogP contribution in [-0.4, -0.2) is 41.8 Å². The van der Waals surface area contributed by atoms with Crippen LogP contribution in [0, 0.1) is 25.6 Å². The molecule has 0 unspecified atom stereocenters. The van der Waals surface area contributed by atoms with Crippen molar-refractivity contribution in [3.8, 4) is 0 Å². The molecule has 3 heterocycles. The van der Waals surface area contributed by atoms with Gasteiger partial charge in [-0.2, -0.15) is 0 Å². The number of hydrogen-bond donors (Lipinski definition) is 3. The third-order valence-electron chi connectivity index (χ3n) is 5.87. The lowest BCUT2D eigenvalue weighted by Crippen LogP contribution is -2.36. The molecule has 3 N–H and O–H groups in total. The molecule has 1 fully saturated rings. The van der Waals surface area contributed by atoms with Crippen LogP contribution in [0.5, 0.6) is 0 Å². The first-order valence-corrected chi connectivity index (χ1v) is 9.85. The van der Waals surface area contributed by atoms with Crippen LogP contribution >= 0.6 is 0 Å². The largest absolute Gasteiger partial charge is 0.357 e. The van der Waals surface area contributed by atoms with Gasteiger partial charge in [0.2, 0.25) is 5.91 Å². The Kier molecular flexibility index (Phi) is 5.00. The molecule has 7 heteroatoms. The van der Waals surface area contributed by atoms with Gasteiger partial charge in [0, 0.05) is 28.6 Å². The van der Waals surface area contributed by atoms with Crippen molar-refractivity contribution in [2.24, 2.45) is 5.92 Å². The summed E-state index contributed by atoms with van der Waals surface area (Å²) in [6.45, 7) is 5.64. The fourth-order valence-electron chi connectivity index (χ4n) is 4.05. The van der Waals surface area contributed by atoms with Gasteiger partial charge in [-0.05, 0) is 76.7 Å². The summed E-state index contributed by atoms with van der Waals surface area (Å²) >= 11 is 0. The van der Waals surface area contributed by atoms with E-state index in [9.17, 15) is 14.0 Å². The molecule has 0 spiro atoms. The van der Waals surface area contributed by atoms with Crippen LogP contribution in [0.4, 0.5) is 15.8 Å². The van der Waals surface area contributed by atoms with Crippen molar-refractivity contribution in [2.75, 3.05) is 30.8 Å². The molecule has 1 aromatic heterocycles. The Hall–Kier alpha value is -2.93. The number of carbonyl (C=O) groups excluding carboxylic acids is 2. The van der Waals surface area contributed by atoms with Crippen LogP contribution in [0.15, 0.2) is 18.2 Å². The van der Waals surface area contributed by atoms with E-state index in [-0.39, 0.29) is 17.7 Å². The van der Waals surface area contributed by atoms with Crippen LogP contribution in [0.1, 0.15) is 35.4 Å². The normalized spacial score (nSPS) is 18.8. The van der Waals surface area contributed by atoms with Gasteiger partial charge < -0.3 is 20.5 Å². The van der Waals surface area contributed by atoms with Crippen molar-refractivity contribution >= 4 is 34.8 Å². The number of nitrogens with zero attached hydrogens (tertiary/aromatic N) is 1. The quantitative estimate of drug-likeness (QED) is 0.695. The second-order valence-electron chi connectivity index (χ2n) is 7.93. The van der Waals surface area contributed by atoms with Crippen LogP contribution in [0.3, 0.4) is 0 Å². The number of nitrogens with one attached hydrogen (secondary N) is 3. The summed E-state index contributed by atoms with van der Waals surface area (Å²) in [5.74, 6) is -0.614. The number of halogens is 1. The van der Waals surface area contributed by atoms with Crippen molar-refractivity contribution in [3.63, 3.8) is 0 Å². The number of likely N-dealkylation sites (tertiary alicyclic amines) is 1. The summed E-state index contributed by atoms with van der Waals surface area (Å²) in [7, 11) is 2.07. The molecular weight excluding hydrogens is 371 g/mol.